The average Bonchev–Trinajstić information content (AvgIpc) is 2.33. The summed E-state index contributed by atoms with van der Waals surface area (Å²) >= 11 is 0. The number of rotatable bonds is 2. The minimum atomic E-state index is -3.01. The highest BCUT2D eigenvalue weighted by Crippen LogP contribution is 2.23. The molecule has 2 aromatic carbocycles. The van der Waals surface area contributed by atoms with Crippen LogP contribution in [-0.2, 0) is 9.13 Å². The predicted molar refractivity (Wildman–Crippen MR) is 69.9 cm³/mol. The SMILES string of the molecule is O=[PH](O)c1ccc2c(c1[PH](=O)O)=c1ccccc1=2. The van der Waals surface area contributed by atoms with Gasteiger partial charge in [-0.2, -0.15) is 0 Å². The van der Waals surface area contributed by atoms with Crippen molar-refractivity contribution >= 4 is 26.7 Å². The second-order valence-electron chi connectivity index (χ2n) is 4.07. The lowest BCUT2D eigenvalue weighted by atomic mass is 10.0. The Kier molecular flexibility index (Phi) is 2.76. The van der Waals surface area contributed by atoms with E-state index in [2.05, 4.69) is 0 Å². The molecule has 92 valence electrons. The van der Waals surface area contributed by atoms with Crippen LogP contribution in [0.1, 0.15) is 0 Å². The van der Waals surface area contributed by atoms with Gasteiger partial charge in [0.05, 0.1) is 5.30 Å². The van der Waals surface area contributed by atoms with Gasteiger partial charge in [-0.15, -0.1) is 0 Å². The molecule has 0 heterocycles. The zero-order valence-corrected chi connectivity index (χ0v) is 11.2. The lowest BCUT2D eigenvalue weighted by Crippen LogP contribution is -2.22. The van der Waals surface area contributed by atoms with E-state index in [9.17, 15) is 18.9 Å². The maximum atomic E-state index is 11.5. The summed E-state index contributed by atoms with van der Waals surface area (Å²) in [7, 11) is -5.99. The monoisotopic (exact) mass is 280 g/mol. The van der Waals surface area contributed by atoms with Gasteiger partial charge in [-0.1, -0.05) is 30.3 Å². The molecule has 3 rings (SSSR count). The molecule has 2 unspecified atom stereocenters. The summed E-state index contributed by atoms with van der Waals surface area (Å²) < 4.78 is 22.8. The van der Waals surface area contributed by atoms with Crippen LogP contribution < -0.4 is 10.6 Å². The van der Waals surface area contributed by atoms with Gasteiger partial charge >= 0.3 is 0 Å². The molecule has 2 N–H and O–H groups in total. The molecule has 0 amide bonds. The molecule has 4 nitrogen and oxygen atoms in total. The largest absolute Gasteiger partial charge is 0.343 e. The first kappa shape index (κ1) is 11.9. The maximum Gasteiger partial charge on any atom is 0.219 e. The molecule has 0 spiro atoms. The number of fused-ring (bicyclic) bond motifs is 2. The van der Waals surface area contributed by atoms with E-state index in [1.54, 1.807) is 6.07 Å². The van der Waals surface area contributed by atoms with Crippen molar-refractivity contribution in [1.29, 1.82) is 0 Å². The van der Waals surface area contributed by atoms with E-state index in [4.69, 9.17) is 0 Å². The zero-order chi connectivity index (χ0) is 12.9. The maximum absolute atomic E-state index is 11.5. The van der Waals surface area contributed by atoms with E-state index in [0.29, 0.717) is 5.22 Å². The number of hydrogen-bond acceptors (Lipinski definition) is 2. The van der Waals surface area contributed by atoms with Gasteiger partial charge in [0.15, 0.2) is 0 Å². The van der Waals surface area contributed by atoms with Crippen LogP contribution in [-0.4, -0.2) is 9.79 Å². The highest BCUT2D eigenvalue weighted by Gasteiger charge is 2.17. The summed E-state index contributed by atoms with van der Waals surface area (Å²) in [6, 6.07) is 10.7. The van der Waals surface area contributed by atoms with E-state index >= 15 is 0 Å². The first-order valence-corrected chi connectivity index (χ1v) is 8.05. The molecule has 18 heavy (non-hydrogen) atoms. The van der Waals surface area contributed by atoms with Crippen molar-refractivity contribution in [1.82, 2.24) is 0 Å². The molecule has 0 bridgehead atoms. The Labute approximate surface area is 103 Å². The molecule has 0 saturated heterocycles. The van der Waals surface area contributed by atoms with Gasteiger partial charge in [-0.05, 0) is 21.7 Å². The topological polar surface area (TPSA) is 74.6 Å². The van der Waals surface area contributed by atoms with Gasteiger partial charge in [-0.25, -0.2) is 0 Å². The minimum absolute atomic E-state index is 0.0969. The predicted octanol–water partition coefficient (Wildman–Crippen LogP) is 0.759. The second-order valence-corrected chi connectivity index (χ2v) is 6.33. The van der Waals surface area contributed by atoms with Crippen LogP contribution in [0, 0.1) is 20.9 Å². The fourth-order valence-electron chi connectivity index (χ4n) is 2.38. The van der Waals surface area contributed by atoms with Crippen LogP contribution in [0.15, 0.2) is 36.4 Å². The van der Waals surface area contributed by atoms with Crippen LogP contribution in [0.4, 0.5) is 0 Å². The quantitative estimate of drug-likeness (QED) is 0.680. The van der Waals surface area contributed by atoms with E-state index in [1.807, 2.05) is 24.3 Å². The lowest BCUT2D eigenvalue weighted by molar-refractivity contribution is 0.509. The van der Waals surface area contributed by atoms with Crippen molar-refractivity contribution in [2.75, 3.05) is 0 Å². The summed E-state index contributed by atoms with van der Waals surface area (Å²) in [5, 5.41) is 3.66. The van der Waals surface area contributed by atoms with Crippen molar-refractivity contribution in [3.63, 3.8) is 0 Å². The Balaban J connectivity index is 2.57. The fourth-order valence-corrected chi connectivity index (χ4v) is 4.38. The van der Waals surface area contributed by atoms with Crippen molar-refractivity contribution in [3.8, 4) is 0 Å². The van der Waals surface area contributed by atoms with Gasteiger partial charge in [-0.3, -0.25) is 9.13 Å². The van der Waals surface area contributed by atoms with Gasteiger partial charge in [0, 0.05) is 10.5 Å². The summed E-state index contributed by atoms with van der Waals surface area (Å²) in [5.74, 6) is 0. The van der Waals surface area contributed by atoms with Crippen LogP contribution >= 0.6 is 16.1 Å². The van der Waals surface area contributed by atoms with Gasteiger partial charge in [0.2, 0.25) is 16.1 Å². The van der Waals surface area contributed by atoms with Crippen LogP contribution in [0.2, 0.25) is 0 Å². The first-order chi connectivity index (χ1) is 8.61. The summed E-state index contributed by atoms with van der Waals surface area (Å²) in [5.41, 5.74) is 0. The van der Waals surface area contributed by atoms with E-state index in [1.165, 1.54) is 6.07 Å². The molecular formula is C12H10O4P2. The Hall–Kier alpha value is -1.18. The van der Waals surface area contributed by atoms with Crippen LogP contribution in [0.5, 0.6) is 0 Å². The minimum Gasteiger partial charge on any atom is -0.343 e. The first-order valence-electron chi connectivity index (χ1n) is 5.34. The zero-order valence-electron chi connectivity index (χ0n) is 9.18. The third-order valence-corrected chi connectivity index (χ3v) is 5.21. The van der Waals surface area contributed by atoms with Crippen molar-refractivity contribution in [2.45, 2.75) is 0 Å². The van der Waals surface area contributed by atoms with Crippen LogP contribution in [0.3, 0.4) is 0 Å². The molecule has 1 aliphatic carbocycles. The molecule has 0 saturated carbocycles. The second kappa shape index (κ2) is 4.18. The van der Waals surface area contributed by atoms with Gasteiger partial charge in [0.1, 0.15) is 0 Å². The molecule has 0 aliphatic heterocycles. The summed E-state index contributed by atoms with van der Waals surface area (Å²) in [6.45, 7) is 0. The average molecular weight is 280 g/mol. The summed E-state index contributed by atoms with van der Waals surface area (Å²) in [6.07, 6.45) is 0. The summed E-state index contributed by atoms with van der Waals surface area (Å²) in [4.78, 5) is 18.7. The lowest BCUT2D eigenvalue weighted by Gasteiger charge is -2.11. The molecule has 6 heteroatoms. The Morgan fingerprint density at radius 2 is 1.44 bits per heavy atom. The number of hydrogen-bond donors (Lipinski definition) is 2. The third kappa shape index (κ3) is 1.54. The normalized spacial score (nSPS) is 15.2. The molecule has 0 radical (unpaired) electrons. The molecule has 0 fully saturated rings. The smallest absolute Gasteiger partial charge is 0.219 e. The standard InChI is InChI=1S/C12H10O4P2/c13-17(14)10-6-5-9-7-3-1-2-4-8(7)11(9)12(10)18(15)16/h1-6,17-18H,(H,13,14)(H,15,16). The van der Waals surface area contributed by atoms with Crippen molar-refractivity contribution < 1.29 is 18.9 Å². The fraction of sp³-hybridized carbons (Fsp3) is 0. The molecular weight excluding hydrogens is 270 g/mol. The van der Waals surface area contributed by atoms with E-state index < -0.39 is 16.1 Å². The Morgan fingerprint density at radius 3 is 2.06 bits per heavy atom. The highest BCUT2D eigenvalue weighted by atomic mass is 31.1. The van der Waals surface area contributed by atoms with E-state index in [-0.39, 0.29) is 10.6 Å². The molecule has 2 aromatic rings. The van der Waals surface area contributed by atoms with Gasteiger partial charge < -0.3 is 9.79 Å². The Morgan fingerprint density at radius 1 is 0.778 bits per heavy atom. The molecule has 2 atom stereocenters. The number of benzene rings is 2. The van der Waals surface area contributed by atoms with Gasteiger partial charge in [0.25, 0.3) is 0 Å². The Bertz CT molecular complexity index is 889. The molecule has 1 aliphatic rings. The van der Waals surface area contributed by atoms with Crippen LogP contribution in [0.25, 0.3) is 0 Å². The molecule has 0 aromatic heterocycles. The van der Waals surface area contributed by atoms with E-state index in [0.717, 1.165) is 15.7 Å². The van der Waals surface area contributed by atoms with Crippen molar-refractivity contribution in [3.05, 3.63) is 57.3 Å². The third-order valence-electron chi connectivity index (χ3n) is 3.14. The highest BCUT2D eigenvalue weighted by molar-refractivity contribution is 7.54. The van der Waals surface area contributed by atoms with Crippen molar-refractivity contribution in [2.24, 2.45) is 0 Å².